The number of carbonyl (C=O) groups excluding carboxylic acids is 1. The quantitative estimate of drug-likeness (QED) is 0.899. The van der Waals surface area contributed by atoms with Crippen LogP contribution in [0.15, 0.2) is 6.58 Å². The van der Waals surface area contributed by atoms with E-state index < -0.39 is 23.7 Å². The lowest BCUT2D eigenvalue weighted by Crippen LogP contribution is -2.41. The Hall–Kier alpha value is -2.84. The third-order valence-corrected chi connectivity index (χ3v) is 2.42. The van der Waals surface area contributed by atoms with Crippen molar-refractivity contribution in [3.05, 3.63) is 12.1 Å². The maximum absolute atomic E-state index is 12.1. The fourth-order valence-corrected chi connectivity index (χ4v) is 1.56. The Balaban J connectivity index is 3.41. The number of hydrogen-bond acceptors (Lipinski definition) is 7. The summed E-state index contributed by atoms with van der Waals surface area (Å²) in [7, 11) is 2.66. The van der Waals surface area contributed by atoms with E-state index in [-0.39, 0.29) is 16.7 Å². The summed E-state index contributed by atoms with van der Waals surface area (Å²) in [5.74, 6) is -0.431. The molecule has 1 heterocycles. The fourth-order valence-electron chi connectivity index (χ4n) is 1.56. The predicted octanol–water partition coefficient (Wildman–Crippen LogP) is 2.56. The van der Waals surface area contributed by atoms with Gasteiger partial charge in [-0.25, -0.2) is 9.59 Å². The molecular weight excluding hydrogens is 306 g/mol. The van der Waals surface area contributed by atoms with Crippen LogP contribution in [0.25, 0.3) is 6.08 Å². The molecule has 1 N–H and O–H groups in total. The number of amides is 2. The number of anilines is 1. The highest BCUT2D eigenvalue weighted by Gasteiger charge is 2.32. The van der Waals surface area contributed by atoms with Crippen LogP contribution >= 0.6 is 0 Å². The normalized spacial score (nSPS) is 10.7. The van der Waals surface area contributed by atoms with Crippen molar-refractivity contribution in [1.29, 1.82) is 0 Å². The molecule has 0 saturated heterocycles. The lowest BCUT2D eigenvalue weighted by Gasteiger charge is -2.23. The van der Waals surface area contributed by atoms with Gasteiger partial charge in [-0.2, -0.15) is 9.97 Å². The number of carboxylic acid groups (broad SMARTS) is 1. The van der Waals surface area contributed by atoms with Gasteiger partial charge in [0.1, 0.15) is 5.60 Å². The van der Waals surface area contributed by atoms with Gasteiger partial charge in [0.25, 0.3) is 5.95 Å². The minimum Gasteiger partial charge on any atom is -0.480 e. The summed E-state index contributed by atoms with van der Waals surface area (Å²) in [5.41, 5.74) is -0.562. The van der Waals surface area contributed by atoms with Crippen molar-refractivity contribution in [2.24, 2.45) is 0 Å². The lowest BCUT2D eigenvalue weighted by molar-refractivity contribution is 0.0579. The molecule has 0 aliphatic rings. The van der Waals surface area contributed by atoms with Crippen LogP contribution in [0.2, 0.25) is 0 Å². The third-order valence-electron chi connectivity index (χ3n) is 2.42. The Morgan fingerprint density at radius 1 is 1.17 bits per heavy atom. The average Bonchev–Trinajstić information content (AvgIpc) is 2.43. The number of nitrogens with zero attached hydrogens (tertiary/aromatic N) is 3. The standard InChI is InChI=1S/C14H19N3O6/c1-7-8-9(21-5)15-11(16-10(8)22-6)17(12(18)19)13(20)23-14(2,3)4/h7H,1H2,2-6H3,(H,18,19). The maximum Gasteiger partial charge on any atom is 0.427 e. The van der Waals surface area contributed by atoms with Crippen LogP contribution in [0.3, 0.4) is 0 Å². The Morgan fingerprint density at radius 3 is 1.96 bits per heavy atom. The van der Waals surface area contributed by atoms with Crippen LogP contribution < -0.4 is 14.4 Å². The molecular formula is C14H19N3O6. The molecule has 23 heavy (non-hydrogen) atoms. The van der Waals surface area contributed by atoms with Crippen LogP contribution in [-0.2, 0) is 4.74 Å². The molecule has 0 aliphatic carbocycles. The minimum atomic E-state index is -1.60. The van der Waals surface area contributed by atoms with Crippen molar-refractivity contribution in [1.82, 2.24) is 9.97 Å². The van der Waals surface area contributed by atoms with Crippen molar-refractivity contribution in [3.63, 3.8) is 0 Å². The fraction of sp³-hybridized carbons (Fsp3) is 0.429. The van der Waals surface area contributed by atoms with Gasteiger partial charge in [-0.15, -0.1) is 4.90 Å². The Morgan fingerprint density at radius 2 is 1.65 bits per heavy atom. The Bertz CT molecular complexity index is 598. The molecule has 0 aliphatic heterocycles. The van der Waals surface area contributed by atoms with E-state index in [1.807, 2.05) is 0 Å². The summed E-state index contributed by atoms with van der Waals surface area (Å²) >= 11 is 0. The number of imide groups is 1. The topological polar surface area (TPSA) is 111 Å². The van der Waals surface area contributed by atoms with Gasteiger partial charge in [-0.05, 0) is 20.8 Å². The highest BCUT2D eigenvalue weighted by Crippen LogP contribution is 2.29. The summed E-state index contributed by atoms with van der Waals surface area (Å²) in [5, 5.41) is 9.29. The summed E-state index contributed by atoms with van der Waals surface area (Å²) in [4.78, 5) is 31.6. The minimum absolute atomic E-state index is 0.0108. The first-order chi connectivity index (χ1) is 10.6. The highest BCUT2D eigenvalue weighted by atomic mass is 16.6. The van der Waals surface area contributed by atoms with E-state index in [0.29, 0.717) is 5.56 Å². The van der Waals surface area contributed by atoms with Crippen LogP contribution in [0.1, 0.15) is 26.3 Å². The molecule has 9 heteroatoms. The molecule has 0 fully saturated rings. The first-order valence-electron chi connectivity index (χ1n) is 6.53. The molecule has 9 nitrogen and oxygen atoms in total. The van der Waals surface area contributed by atoms with Gasteiger partial charge in [0, 0.05) is 0 Å². The monoisotopic (exact) mass is 325 g/mol. The average molecular weight is 325 g/mol. The van der Waals surface area contributed by atoms with Gasteiger partial charge in [-0.1, -0.05) is 12.7 Å². The molecule has 0 atom stereocenters. The number of methoxy groups -OCH3 is 2. The van der Waals surface area contributed by atoms with Crippen molar-refractivity contribution < 1.29 is 28.9 Å². The molecule has 1 rings (SSSR count). The molecule has 1 aromatic heterocycles. The summed E-state index contributed by atoms with van der Waals surface area (Å²) < 4.78 is 15.2. The number of aromatic nitrogens is 2. The molecule has 0 unspecified atom stereocenters. The van der Waals surface area contributed by atoms with Crippen molar-refractivity contribution in [3.8, 4) is 11.8 Å². The van der Waals surface area contributed by atoms with Crippen LogP contribution in [0, 0.1) is 0 Å². The van der Waals surface area contributed by atoms with E-state index in [0.717, 1.165) is 0 Å². The van der Waals surface area contributed by atoms with Gasteiger partial charge in [0.15, 0.2) is 0 Å². The zero-order valence-electron chi connectivity index (χ0n) is 13.6. The first kappa shape index (κ1) is 18.2. The van der Waals surface area contributed by atoms with Crippen LogP contribution in [0.4, 0.5) is 15.5 Å². The van der Waals surface area contributed by atoms with Crippen molar-refractivity contribution in [2.75, 3.05) is 19.1 Å². The number of hydrogen-bond donors (Lipinski definition) is 1. The Labute approximate surface area is 133 Å². The van der Waals surface area contributed by atoms with Crippen LogP contribution in [-0.4, -0.2) is 47.1 Å². The number of rotatable bonds is 4. The SMILES string of the molecule is C=Cc1c(OC)nc(N(C(=O)O)C(=O)OC(C)(C)C)nc1OC. The zero-order chi connectivity index (χ0) is 17.8. The second-order valence-electron chi connectivity index (χ2n) is 5.26. The van der Waals surface area contributed by atoms with Crippen molar-refractivity contribution >= 4 is 24.2 Å². The van der Waals surface area contributed by atoms with E-state index in [4.69, 9.17) is 14.2 Å². The van der Waals surface area contributed by atoms with E-state index in [9.17, 15) is 14.7 Å². The van der Waals surface area contributed by atoms with E-state index >= 15 is 0 Å². The lowest BCUT2D eigenvalue weighted by atomic mass is 10.2. The molecule has 0 bridgehead atoms. The van der Waals surface area contributed by atoms with E-state index in [2.05, 4.69) is 16.5 Å². The van der Waals surface area contributed by atoms with Gasteiger partial charge in [0.2, 0.25) is 11.8 Å². The molecule has 0 spiro atoms. The smallest absolute Gasteiger partial charge is 0.427 e. The summed E-state index contributed by atoms with van der Waals surface area (Å²) in [6.07, 6.45) is -1.35. The van der Waals surface area contributed by atoms with E-state index in [1.165, 1.54) is 20.3 Å². The van der Waals surface area contributed by atoms with Gasteiger partial charge < -0.3 is 19.3 Å². The van der Waals surface area contributed by atoms with Gasteiger partial charge in [0.05, 0.1) is 19.8 Å². The molecule has 0 saturated carbocycles. The summed E-state index contributed by atoms with van der Waals surface area (Å²) in [6, 6.07) is 0. The second-order valence-corrected chi connectivity index (χ2v) is 5.26. The molecule has 0 radical (unpaired) electrons. The zero-order valence-corrected chi connectivity index (χ0v) is 13.6. The first-order valence-corrected chi connectivity index (χ1v) is 6.53. The Kier molecular flexibility index (Phi) is 5.50. The van der Waals surface area contributed by atoms with Gasteiger partial charge in [-0.3, -0.25) is 0 Å². The van der Waals surface area contributed by atoms with E-state index in [1.54, 1.807) is 20.8 Å². The largest absolute Gasteiger partial charge is 0.480 e. The summed E-state index contributed by atoms with van der Waals surface area (Å²) in [6.45, 7) is 8.39. The molecule has 1 aromatic rings. The third kappa shape index (κ3) is 4.31. The van der Waals surface area contributed by atoms with Crippen LogP contribution in [0.5, 0.6) is 11.8 Å². The van der Waals surface area contributed by atoms with Crippen molar-refractivity contribution in [2.45, 2.75) is 26.4 Å². The highest BCUT2D eigenvalue weighted by molar-refractivity contribution is 6.07. The second kappa shape index (κ2) is 6.95. The molecule has 126 valence electrons. The van der Waals surface area contributed by atoms with Gasteiger partial charge >= 0.3 is 12.2 Å². The molecule has 2 amide bonds. The molecule has 0 aromatic carbocycles. The maximum atomic E-state index is 12.1. The number of ether oxygens (including phenoxy) is 3. The number of carbonyl (C=O) groups is 2. The predicted molar refractivity (Wildman–Crippen MR) is 82.0 cm³/mol.